The Morgan fingerprint density at radius 1 is 1.07 bits per heavy atom. The molecule has 1 aliphatic rings. The third-order valence-corrected chi connectivity index (χ3v) is 4.82. The van der Waals surface area contributed by atoms with Crippen LogP contribution in [0.3, 0.4) is 0 Å². The average Bonchev–Trinajstić information content (AvgIpc) is 3.12. The molecule has 0 unspecified atom stereocenters. The van der Waals surface area contributed by atoms with Gasteiger partial charge in [0.05, 0.1) is 10.6 Å². The Bertz CT molecular complexity index is 1010. The Morgan fingerprint density at radius 3 is 2.59 bits per heavy atom. The first kappa shape index (κ1) is 17.0. The Hall–Kier alpha value is -3.48. The van der Waals surface area contributed by atoms with Crippen LogP contribution >= 0.6 is 0 Å². The van der Waals surface area contributed by atoms with Gasteiger partial charge in [-0.2, -0.15) is 5.10 Å². The summed E-state index contributed by atoms with van der Waals surface area (Å²) >= 11 is 0. The number of aryl methyl sites for hydroxylation is 1. The van der Waals surface area contributed by atoms with Gasteiger partial charge in [0.1, 0.15) is 0 Å². The largest absolute Gasteiger partial charge is 0.322 e. The molecule has 4 rings (SSSR count). The van der Waals surface area contributed by atoms with Crippen molar-refractivity contribution in [3.63, 3.8) is 0 Å². The van der Waals surface area contributed by atoms with E-state index >= 15 is 0 Å². The minimum atomic E-state index is -0.471. The van der Waals surface area contributed by atoms with Crippen molar-refractivity contribution in [2.24, 2.45) is 0 Å². The number of fused-ring (bicyclic) bond motifs is 1. The van der Waals surface area contributed by atoms with Gasteiger partial charge >= 0.3 is 0 Å². The summed E-state index contributed by atoms with van der Waals surface area (Å²) in [6.07, 6.45) is 4.21. The zero-order valence-corrected chi connectivity index (χ0v) is 14.6. The van der Waals surface area contributed by atoms with Gasteiger partial charge in [-0.15, -0.1) is 0 Å². The number of aromatic nitrogens is 2. The molecule has 7 nitrogen and oxygen atoms in total. The maximum absolute atomic E-state index is 12.8. The lowest BCUT2D eigenvalue weighted by Crippen LogP contribution is -2.13. The lowest BCUT2D eigenvalue weighted by atomic mass is 9.92. The Kier molecular flexibility index (Phi) is 4.42. The number of rotatable bonds is 4. The van der Waals surface area contributed by atoms with Crippen LogP contribution in [0.2, 0.25) is 0 Å². The number of H-pyrrole nitrogens is 1. The summed E-state index contributed by atoms with van der Waals surface area (Å²) in [4.78, 5) is 23.1. The summed E-state index contributed by atoms with van der Waals surface area (Å²) in [5.74, 6) is -0.271. The molecular weight excluding hydrogens is 344 g/mol. The molecule has 2 N–H and O–H groups in total. The standard InChI is InChI=1S/C20H18N4O3/c25-20(21-13-9-11-14(12-10-13)24(26)27)16-6-2-1-5-15(16)19-17-7-3-4-8-18(17)22-23-19/h1-2,5-6,9-12H,3-4,7-8H2,(H,21,25)(H,22,23). The van der Waals surface area contributed by atoms with Crippen LogP contribution in [0.5, 0.6) is 0 Å². The van der Waals surface area contributed by atoms with Crippen molar-refractivity contribution in [2.75, 3.05) is 5.32 Å². The van der Waals surface area contributed by atoms with Crippen LogP contribution in [0.25, 0.3) is 11.3 Å². The van der Waals surface area contributed by atoms with Gasteiger partial charge in [0.25, 0.3) is 11.6 Å². The minimum Gasteiger partial charge on any atom is -0.322 e. The number of nitrogens with one attached hydrogen (secondary N) is 2. The summed E-state index contributed by atoms with van der Waals surface area (Å²) in [6.45, 7) is 0. The molecule has 2 aromatic carbocycles. The van der Waals surface area contributed by atoms with Gasteiger partial charge in [0.15, 0.2) is 0 Å². The number of carbonyl (C=O) groups is 1. The molecule has 1 aromatic heterocycles. The van der Waals surface area contributed by atoms with Crippen molar-refractivity contribution in [3.8, 4) is 11.3 Å². The molecule has 0 atom stereocenters. The van der Waals surface area contributed by atoms with Crippen molar-refractivity contribution in [2.45, 2.75) is 25.7 Å². The van der Waals surface area contributed by atoms with E-state index in [9.17, 15) is 14.9 Å². The highest BCUT2D eigenvalue weighted by atomic mass is 16.6. The first-order chi connectivity index (χ1) is 13.1. The summed E-state index contributed by atoms with van der Waals surface area (Å²) < 4.78 is 0. The number of hydrogen-bond donors (Lipinski definition) is 2. The monoisotopic (exact) mass is 362 g/mol. The number of non-ortho nitro benzene ring substituents is 1. The van der Waals surface area contributed by atoms with Crippen molar-refractivity contribution < 1.29 is 9.72 Å². The van der Waals surface area contributed by atoms with E-state index in [0.29, 0.717) is 11.3 Å². The quantitative estimate of drug-likeness (QED) is 0.538. The Morgan fingerprint density at radius 2 is 1.81 bits per heavy atom. The molecule has 0 saturated heterocycles. The molecule has 0 saturated carbocycles. The highest BCUT2D eigenvalue weighted by Crippen LogP contribution is 2.31. The second kappa shape index (κ2) is 7.03. The van der Waals surface area contributed by atoms with Gasteiger partial charge in [-0.1, -0.05) is 18.2 Å². The molecule has 0 bridgehead atoms. The number of anilines is 1. The van der Waals surface area contributed by atoms with Crippen LogP contribution in [0.15, 0.2) is 48.5 Å². The van der Waals surface area contributed by atoms with Crippen LogP contribution < -0.4 is 5.32 Å². The summed E-state index contributed by atoms with van der Waals surface area (Å²) in [5.41, 5.74) is 4.98. The van der Waals surface area contributed by atoms with Gasteiger partial charge in [-0.05, 0) is 43.9 Å². The first-order valence-corrected chi connectivity index (χ1v) is 8.85. The Balaban J connectivity index is 1.64. The number of amides is 1. The average molecular weight is 362 g/mol. The number of benzene rings is 2. The van der Waals surface area contributed by atoms with Gasteiger partial charge in [0, 0.05) is 40.2 Å². The fraction of sp³-hybridized carbons (Fsp3) is 0.200. The minimum absolute atomic E-state index is 0.0171. The number of nitro groups is 1. The van der Waals surface area contributed by atoms with Gasteiger partial charge < -0.3 is 5.32 Å². The van der Waals surface area contributed by atoms with Crippen molar-refractivity contribution in [1.29, 1.82) is 0 Å². The second-order valence-electron chi connectivity index (χ2n) is 6.54. The van der Waals surface area contributed by atoms with E-state index in [1.54, 1.807) is 6.07 Å². The highest BCUT2D eigenvalue weighted by molar-refractivity contribution is 6.08. The number of nitro benzene ring substituents is 1. The SMILES string of the molecule is O=C(Nc1ccc([N+](=O)[O-])cc1)c1ccccc1-c1n[nH]c2c1CCCC2. The van der Waals surface area contributed by atoms with Crippen molar-refractivity contribution in [3.05, 3.63) is 75.5 Å². The summed E-state index contributed by atoms with van der Waals surface area (Å²) in [5, 5.41) is 21.1. The van der Waals surface area contributed by atoms with Gasteiger partial charge in [-0.25, -0.2) is 0 Å². The third-order valence-electron chi connectivity index (χ3n) is 4.82. The molecule has 0 aliphatic heterocycles. The number of carbonyl (C=O) groups excluding carboxylic acids is 1. The lowest BCUT2D eigenvalue weighted by Gasteiger charge is -2.13. The van der Waals surface area contributed by atoms with Crippen LogP contribution in [0.1, 0.15) is 34.5 Å². The van der Waals surface area contributed by atoms with Crippen LogP contribution in [-0.2, 0) is 12.8 Å². The normalized spacial score (nSPS) is 13.0. The van der Waals surface area contributed by atoms with Gasteiger partial charge in [0.2, 0.25) is 0 Å². The molecule has 1 heterocycles. The van der Waals surface area contributed by atoms with E-state index < -0.39 is 4.92 Å². The second-order valence-corrected chi connectivity index (χ2v) is 6.54. The third kappa shape index (κ3) is 3.31. The lowest BCUT2D eigenvalue weighted by molar-refractivity contribution is -0.384. The number of nitrogens with zero attached hydrogens (tertiary/aromatic N) is 2. The molecule has 0 radical (unpaired) electrons. The first-order valence-electron chi connectivity index (χ1n) is 8.85. The van der Waals surface area contributed by atoms with E-state index in [1.807, 2.05) is 18.2 Å². The van der Waals surface area contributed by atoms with Crippen molar-refractivity contribution in [1.82, 2.24) is 10.2 Å². The van der Waals surface area contributed by atoms with Crippen LogP contribution in [0, 0.1) is 10.1 Å². The number of aromatic amines is 1. The van der Waals surface area contributed by atoms with E-state index in [0.717, 1.165) is 42.6 Å². The molecular formula is C20H18N4O3. The molecule has 3 aromatic rings. The Labute approximate surface area is 155 Å². The molecule has 0 fully saturated rings. The topological polar surface area (TPSA) is 101 Å². The zero-order valence-electron chi connectivity index (χ0n) is 14.6. The van der Waals surface area contributed by atoms with E-state index in [-0.39, 0.29) is 11.6 Å². The summed E-state index contributed by atoms with van der Waals surface area (Å²) in [7, 11) is 0. The van der Waals surface area contributed by atoms with Crippen LogP contribution in [0.4, 0.5) is 11.4 Å². The molecule has 0 spiro atoms. The zero-order chi connectivity index (χ0) is 18.8. The highest BCUT2D eigenvalue weighted by Gasteiger charge is 2.21. The molecule has 7 heteroatoms. The van der Waals surface area contributed by atoms with E-state index in [1.165, 1.54) is 29.8 Å². The summed E-state index contributed by atoms with van der Waals surface area (Å²) in [6, 6.07) is 13.1. The fourth-order valence-electron chi connectivity index (χ4n) is 3.46. The van der Waals surface area contributed by atoms with E-state index in [4.69, 9.17) is 0 Å². The molecule has 136 valence electrons. The maximum atomic E-state index is 12.8. The molecule has 1 amide bonds. The van der Waals surface area contributed by atoms with Gasteiger partial charge in [-0.3, -0.25) is 20.0 Å². The predicted molar refractivity (Wildman–Crippen MR) is 102 cm³/mol. The molecule has 27 heavy (non-hydrogen) atoms. The maximum Gasteiger partial charge on any atom is 0.269 e. The number of hydrogen-bond acceptors (Lipinski definition) is 4. The van der Waals surface area contributed by atoms with E-state index in [2.05, 4.69) is 15.5 Å². The van der Waals surface area contributed by atoms with Crippen molar-refractivity contribution >= 4 is 17.3 Å². The smallest absolute Gasteiger partial charge is 0.269 e. The fourth-order valence-corrected chi connectivity index (χ4v) is 3.46. The molecule has 1 aliphatic carbocycles. The van der Waals surface area contributed by atoms with Crippen LogP contribution in [-0.4, -0.2) is 21.0 Å². The predicted octanol–water partition coefficient (Wildman–Crippen LogP) is 4.12.